The van der Waals surface area contributed by atoms with Crippen molar-refractivity contribution in [2.45, 2.75) is 20.3 Å². The molecule has 0 unspecified atom stereocenters. The standard InChI is InChI=1S/C17H25ClN2O3/c1-11(2)10-23-16-14(18)6-13(7-15(16)22-3)17(21)20-5-4-12(8-19)9-20/h6-7,11-12H,4-5,8-10,19H2,1-3H3/t12-/m1/s1. The maximum absolute atomic E-state index is 12.6. The number of rotatable bonds is 6. The molecule has 1 atom stereocenters. The zero-order valence-corrected chi connectivity index (χ0v) is 14.7. The Labute approximate surface area is 142 Å². The van der Waals surface area contributed by atoms with Crippen LogP contribution in [0.5, 0.6) is 11.5 Å². The van der Waals surface area contributed by atoms with Crippen molar-refractivity contribution in [1.82, 2.24) is 4.90 Å². The van der Waals surface area contributed by atoms with Gasteiger partial charge in [-0.05, 0) is 36.9 Å². The van der Waals surface area contributed by atoms with Crippen molar-refractivity contribution in [3.05, 3.63) is 22.7 Å². The van der Waals surface area contributed by atoms with Crippen LogP contribution >= 0.6 is 11.6 Å². The summed E-state index contributed by atoms with van der Waals surface area (Å²) in [5.74, 6) is 1.67. The molecule has 0 spiro atoms. The van der Waals surface area contributed by atoms with Crippen molar-refractivity contribution in [1.29, 1.82) is 0 Å². The summed E-state index contributed by atoms with van der Waals surface area (Å²) in [6.07, 6.45) is 0.947. The Morgan fingerprint density at radius 2 is 2.22 bits per heavy atom. The van der Waals surface area contributed by atoms with Crippen LogP contribution in [0.15, 0.2) is 12.1 Å². The Bertz CT molecular complexity index is 563. The summed E-state index contributed by atoms with van der Waals surface area (Å²) < 4.78 is 11.1. The lowest BCUT2D eigenvalue weighted by atomic mass is 10.1. The van der Waals surface area contributed by atoms with Gasteiger partial charge in [-0.25, -0.2) is 0 Å². The van der Waals surface area contributed by atoms with Gasteiger partial charge in [0.1, 0.15) is 0 Å². The first kappa shape index (κ1) is 17.9. The monoisotopic (exact) mass is 340 g/mol. The number of ether oxygens (including phenoxy) is 2. The molecule has 1 aromatic carbocycles. The largest absolute Gasteiger partial charge is 0.493 e. The predicted octanol–water partition coefficient (Wildman–Crippen LogP) is 2.80. The normalized spacial score (nSPS) is 17.7. The van der Waals surface area contributed by atoms with Gasteiger partial charge in [-0.2, -0.15) is 0 Å². The van der Waals surface area contributed by atoms with Crippen LogP contribution in [-0.4, -0.2) is 44.2 Å². The molecule has 0 aromatic heterocycles. The van der Waals surface area contributed by atoms with E-state index in [0.717, 1.165) is 13.0 Å². The molecule has 1 aromatic rings. The van der Waals surface area contributed by atoms with Gasteiger partial charge in [0.2, 0.25) is 0 Å². The third kappa shape index (κ3) is 4.30. The molecule has 6 heteroatoms. The van der Waals surface area contributed by atoms with Crippen molar-refractivity contribution >= 4 is 17.5 Å². The minimum absolute atomic E-state index is 0.0449. The molecule has 1 saturated heterocycles. The number of amides is 1. The van der Waals surface area contributed by atoms with Crippen molar-refractivity contribution in [2.75, 3.05) is 33.4 Å². The van der Waals surface area contributed by atoms with E-state index in [1.807, 2.05) is 4.90 Å². The predicted molar refractivity (Wildman–Crippen MR) is 91.4 cm³/mol. The Balaban J connectivity index is 2.20. The lowest BCUT2D eigenvalue weighted by Crippen LogP contribution is -2.29. The Kier molecular flexibility index (Phi) is 6.13. The zero-order valence-electron chi connectivity index (χ0n) is 14.0. The van der Waals surface area contributed by atoms with Crippen molar-refractivity contribution in [3.8, 4) is 11.5 Å². The molecule has 1 aliphatic heterocycles. The second kappa shape index (κ2) is 7.88. The van der Waals surface area contributed by atoms with Gasteiger partial charge in [-0.15, -0.1) is 0 Å². The number of likely N-dealkylation sites (tertiary alicyclic amines) is 1. The molecule has 2 N–H and O–H groups in total. The summed E-state index contributed by atoms with van der Waals surface area (Å²) in [6, 6.07) is 3.34. The lowest BCUT2D eigenvalue weighted by molar-refractivity contribution is 0.0787. The summed E-state index contributed by atoms with van der Waals surface area (Å²) >= 11 is 6.31. The van der Waals surface area contributed by atoms with Gasteiger partial charge in [0.05, 0.1) is 18.7 Å². The first-order valence-corrected chi connectivity index (χ1v) is 8.33. The van der Waals surface area contributed by atoms with Gasteiger partial charge in [-0.1, -0.05) is 25.4 Å². The van der Waals surface area contributed by atoms with E-state index >= 15 is 0 Å². The van der Waals surface area contributed by atoms with Crippen LogP contribution in [0.3, 0.4) is 0 Å². The second-order valence-corrected chi connectivity index (χ2v) is 6.74. The highest BCUT2D eigenvalue weighted by atomic mass is 35.5. The van der Waals surface area contributed by atoms with Gasteiger partial charge in [0, 0.05) is 18.7 Å². The molecule has 2 rings (SSSR count). The van der Waals surface area contributed by atoms with Crippen molar-refractivity contribution in [2.24, 2.45) is 17.6 Å². The molecule has 0 radical (unpaired) electrons. The van der Waals surface area contributed by atoms with E-state index < -0.39 is 0 Å². The van der Waals surface area contributed by atoms with Crippen LogP contribution in [-0.2, 0) is 0 Å². The van der Waals surface area contributed by atoms with Gasteiger partial charge in [0.15, 0.2) is 11.5 Å². The topological polar surface area (TPSA) is 64.8 Å². The molecule has 0 saturated carbocycles. The Hall–Kier alpha value is -1.46. The lowest BCUT2D eigenvalue weighted by Gasteiger charge is -2.19. The minimum Gasteiger partial charge on any atom is -0.493 e. The molecular weight excluding hydrogens is 316 g/mol. The highest BCUT2D eigenvalue weighted by Crippen LogP contribution is 2.37. The van der Waals surface area contributed by atoms with Crippen LogP contribution < -0.4 is 15.2 Å². The molecule has 1 heterocycles. The maximum atomic E-state index is 12.6. The number of hydrogen-bond acceptors (Lipinski definition) is 4. The number of carbonyl (C=O) groups is 1. The first-order valence-electron chi connectivity index (χ1n) is 7.95. The molecular formula is C17H25ClN2O3. The number of benzene rings is 1. The summed E-state index contributed by atoms with van der Waals surface area (Å²) in [6.45, 7) is 6.68. The smallest absolute Gasteiger partial charge is 0.254 e. The summed E-state index contributed by atoms with van der Waals surface area (Å²) in [5.41, 5.74) is 6.20. The molecule has 1 amide bonds. The molecule has 128 valence electrons. The van der Waals surface area contributed by atoms with E-state index in [4.69, 9.17) is 26.8 Å². The number of methoxy groups -OCH3 is 1. The fourth-order valence-electron chi connectivity index (χ4n) is 2.63. The molecule has 5 nitrogen and oxygen atoms in total. The zero-order chi connectivity index (χ0) is 17.0. The number of halogens is 1. The molecule has 0 aliphatic carbocycles. The number of carbonyl (C=O) groups excluding carboxylic acids is 1. The van der Waals surface area contributed by atoms with Crippen molar-refractivity contribution < 1.29 is 14.3 Å². The van der Waals surface area contributed by atoms with Crippen LogP contribution in [0, 0.1) is 11.8 Å². The van der Waals surface area contributed by atoms with Crippen LogP contribution in [0.1, 0.15) is 30.6 Å². The van der Waals surface area contributed by atoms with Crippen molar-refractivity contribution in [3.63, 3.8) is 0 Å². The molecule has 1 fully saturated rings. The SMILES string of the molecule is COc1cc(C(=O)N2CC[C@H](CN)C2)cc(Cl)c1OCC(C)C. The average molecular weight is 341 g/mol. The van der Waals surface area contributed by atoms with Crippen LogP contribution in [0.25, 0.3) is 0 Å². The van der Waals surface area contributed by atoms with Gasteiger partial charge in [-0.3, -0.25) is 4.79 Å². The Morgan fingerprint density at radius 3 is 2.78 bits per heavy atom. The number of nitrogens with two attached hydrogens (primary N) is 1. The molecule has 23 heavy (non-hydrogen) atoms. The van der Waals surface area contributed by atoms with Crippen LogP contribution in [0.4, 0.5) is 0 Å². The highest BCUT2D eigenvalue weighted by molar-refractivity contribution is 6.32. The summed E-state index contributed by atoms with van der Waals surface area (Å²) in [4.78, 5) is 14.5. The third-order valence-corrected chi connectivity index (χ3v) is 4.22. The number of nitrogens with zero attached hydrogens (tertiary/aromatic N) is 1. The first-order chi connectivity index (χ1) is 11.0. The van der Waals surface area contributed by atoms with E-state index in [1.54, 1.807) is 19.2 Å². The summed E-state index contributed by atoms with van der Waals surface area (Å²) in [7, 11) is 1.54. The average Bonchev–Trinajstić information content (AvgIpc) is 3.01. The Morgan fingerprint density at radius 1 is 1.48 bits per heavy atom. The van der Waals surface area contributed by atoms with E-state index in [1.165, 1.54) is 0 Å². The van der Waals surface area contributed by atoms with E-state index in [-0.39, 0.29) is 5.91 Å². The summed E-state index contributed by atoms with van der Waals surface area (Å²) in [5, 5.41) is 0.392. The van der Waals surface area contributed by atoms with Gasteiger partial charge in [0.25, 0.3) is 5.91 Å². The second-order valence-electron chi connectivity index (χ2n) is 6.34. The van der Waals surface area contributed by atoms with Gasteiger partial charge < -0.3 is 20.1 Å². The highest BCUT2D eigenvalue weighted by Gasteiger charge is 2.27. The number of hydrogen-bond donors (Lipinski definition) is 1. The molecule has 0 bridgehead atoms. The van der Waals surface area contributed by atoms with Gasteiger partial charge >= 0.3 is 0 Å². The maximum Gasteiger partial charge on any atom is 0.254 e. The van der Waals surface area contributed by atoms with E-state index in [9.17, 15) is 4.79 Å². The molecule has 1 aliphatic rings. The third-order valence-electron chi connectivity index (χ3n) is 3.94. The van der Waals surface area contributed by atoms with Crippen LogP contribution in [0.2, 0.25) is 5.02 Å². The van der Waals surface area contributed by atoms with E-state index in [0.29, 0.717) is 53.6 Å². The minimum atomic E-state index is -0.0449. The fraction of sp³-hybridized carbons (Fsp3) is 0.588. The fourth-order valence-corrected chi connectivity index (χ4v) is 2.89. The quantitative estimate of drug-likeness (QED) is 0.864. The van der Waals surface area contributed by atoms with E-state index in [2.05, 4.69) is 13.8 Å².